The molecule has 0 bridgehead atoms. The first-order valence-corrected chi connectivity index (χ1v) is 5.07. The van der Waals surface area contributed by atoms with Gasteiger partial charge in [0.1, 0.15) is 0 Å². The van der Waals surface area contributed by atoms with Crippen LogP contribution in [-0.2, 0) is 6.42 Å². The number of hydrogen-bond acceptors (Lipinski definition) is 1. The van der Waals surface area contributed by atoms with Crippen molar-refractivity contribution >= 4 is 17.2 Å². The van der Waals surface area contributed by atoms with Gasteiger partial charge in [-0.1, -0.05) is 36.5 Å². The first-order valence-electron chi connectivity index (χ1n) is 4.66. The third kappa shape index (κ3) is 1.59. The Labute approximate surface area is 83.9 Å². The molecule has 1 atom stereocenters. The van der Waals surface area contributed by atoms with Crippen molar-refractivity contribution in [1.29, 1.82) is 0 Å². The molecule has 0 heterocycles. The van der Waals surface area contributed by atoms with E-state index in [0.717, 1.165) is 6.42 Å². The standard InChI is InChI=1S/C11H13NS/c12-11(13)10-7-3-5-8-4-1-2-6-9(8)10/h1-2,4,6,10H,3,5,7H2,(H2,12,13)/t10-/m0/s1. The monoisotopic (exact) mass is 191 g/mol. The Balaban J connectivity index is 2.42. The van der Waals surface area contributed by atoms with Crippen LogP contribution in [0, 0.1) is 0 Å². The molecule has 1 aliphatic carbocycles. The molecule has 1 aromatic rings. The van der Waals surface area contributed by atoms with E-state index in [9.17, 15) is 0 Å². The van der Waals surface area contributed by atoms with Crippen molar-refractivity contribution in [2.45, 2.75) is 25.2 Å². The maximum Gasteiger partial charge on any atom is 0.0803 e. The summed E-state index contributed by atoms with van der Waals surface area (Å²) >= 11 is 5.07. The van der Waals surface area contributed by atoms with Gasteiger partial charge >= 0.3 is 0 Å². The Morgan fingerprint density at radius 1 is 1.38 bits per heavy atom. The van der Waals surface area contributed by atoms with Crippen molar-refractivity contribution in [2.75, 3.05) is 0 Å². The predicted molar refractivity (Wildman–Crippen MR) is 58.9 cm³/mol. The third-order valence-corrected chi connectivity index (χ3v) is 3.00. The predicted octanol–water partition coefficient (Wildman–Crippen LogP) is 2.39. The molecule has 0 unspecified atom stereocenters. The average molecular weight is 191 g/mol. The molecule has 0 amide bonds. The van der Waals surface area contributed by atoms with Crippen molar-refractivity contribution < 1.29 is 0 Å². The summed E-state index contributed by atoms with van der Waals surface area (Å²) in [5.74, 6) is 0.319. The van der Waals surface area contributed by atoms with Gasteiger partial charge in [0.05, 0.1) is 4.99 Å². The van der Waals surface area contributed by atoms with Gasteiger partial charge in [0.15, 0.2) is 0 Å². The molecule has 68 valence electrons. The molecule has 0 radical (unpaired) electrons. The summed E-state index contributed by atoms with van der Waals surface area (Å²) in [6.07, 6.45) is 3.50. The highest BCUT2D eigenvalue weighted by Crippen LogP contribution is 2.31. The van der Waals surface area contributed by atoms with Crippen LogP contribution in [0.15, 0.2) is 24.3 Å². The van der Waals surface area contributed by atoms with Gasteiger partial charge in [0.2, 0.25) is 0 Å². The van der Waals surface area contributed by atoms with E-state index < -0.39 is 0 Å². The zero-order valence-corrected chi connectivity index (χ0v) is 8.31. The minimum Gasteiger partial charge on any atom is -0.393 e. The number of aryl methyl sites for hydroxylation is 1. The second-order valence-corrected chi connectivity index (χ2v) is 4.02. The summed E-state index contributed by atoms with van der Waals surface area (Å²) in [5.41, 5.74) is 8.48. The summed E-state index contributed by atoms with van der Waals surface area (Å²) in [7, 11) is 0. The lowest BCUT2D eigenvalue weighted by atomic mass is 9.83. The van der Waals surface area contributed by atoms with E-state index >= 15 is 0 Å². The third-order valence-electron chi connectivity index (χ3n) is 2.71. The van der Waals surface area contributed by atoms with Gasteiger partial charge in [-0.25, -0.2) is 0 Å². The zero-order chi connectivity index (χ0) is 9.26. The van der Waals surface area contributed by atoms with Crippen LogP contribution in [0.4, 0.5) is 0 Å². The summed E-state index contributed by atoms with van der Waals surface area (Å²) in [6.45, 7) is 0. The largest absolute Gasteiger partial charge is 0.393 e. The Kier molecular flexibility index (Phi) is 2.32. The fraction of sp³-hybridized carbons (Fsp3) is 0.364. The SMILES string of the molecule is NC(=S)[C@H]1CCCc2ccccc21. The second-order valence-electron chi connectivity index (χ2n) is 3.55. The van der Waals surface area contributed by atoms with Gasteiger partial charge in [0, 0.05) is 5.92 Å². The van der Waals surface area contributed by atoms with Crippen molar-refractivity contribution in [3.8, 4) is 0 Å². The quantitative estimate of drug-likeness (QED) is 0.690. The van der Waals surface area contributed by atoms with Crippen LogP contribution in [-0.4, -0.2) is 4.99 Å². The van der Waals surface area contributed by atoms with E-state index in [1.165, 1.54) is 24.0 Å². The summed E-state index contributed by atoms with van der Waals surface area (Å²) < 4.78 is 0. The fourth-order valence-corrected chi connectivity index (χ4v) is 2.29. The topological polar surface area (TPSA) is 26.0 Å². The van der Waals surface area contributed by atoms with Crippen molar-refractivity contribution in [3.05, 3.63) is 35.4 Å². The molecule has 13 heavy (non-hydrogen) atoms. The van der Waals surface area contributed by atoms with E-state index in [0.29, 0.717) is 10.9 Å². The highest BCUT2D eigenvalue weighted by molar-refractivity contribution is 7.80. The van der Waals surface area contributed by atoms with Gasteiger partial charge in [-0.15, -0.1) is 0 Å². The number of fused-ring (bicyclic) bond motifs is 1. The van der Waals surface area contributed by atoms with Crippen LogP contribution in [0.25, 0.3) is 0 Å². The van der Waals surface area contributed by atoms with E-state index in [2.05, 4.69) is 24.3 Å². The summed E-state index contributed by atoms with van der Waals surface area (Å²) in [6, 6.07) is 8.48. The summed E-state index contributed by atoms with van der Waals surface area (Å²) in [4.78, 5) is 0.646. The number of benzene rings is 1. The first kappa shape index (κ1) is 8.70. The molecule has 0 spiro atoms. The van der Waals surface area contributed by atoms with Crippen LogP contribution >= 0.6 is 12.2 Å². The number of rotatable bonds is 1. The minimum atomic E-state index is 0.319. The highest BCUT2D eigenvalue weighted by Gasteiger charge is 2.21. The van der Waals surface area contributed by atoms with Crippen molar-refractivity contribution in [1.82, 2.24) is 0 Å². The summed E-state index contributed by atoms with van der Waals surface area (Å²) in [5, 5.41) is 0. The molecule has 2 rings (SSSR count). The molecule has 0 saturated heterocycles. The molecular formula is C11H13NS. The average Bonchev–Trinajstić information content (AvgIpc) is 2.17. The molecule has 2 heteroatoms. The Morgan fingerprint density at radius 3 is 2.92 bits per heavy atom. The zero-order valence-electron chi connectivity index (χ0n) is 7.49. The first-order chi connectivity index (χ1) is 6.29. The lowest BCUT2D eigenvalue weighted by Gasteiger charge is -2.24. The van der Waals surface area contributed by atoms with Crippen LogP contribution in [0.2, 0.25) is 0 Å². The smallest absolute Gasteiger partial charge is 0.0803 e. The van der Waals surface area contributed by atoms with Gasteiger partial charge in [-0.2, -0.15) is 0 Å². The van der Waals surface area contributed by atoms with E-state index in [-0.39, 0.29) is 0 Å². The normalized spacial score (nSPS) is 20.8. The maximum absolute atomic E-state index is 5.71. The number of nitrogens with two attached hydrogens (primary N) is 1. The van der Waals surface area contributed by atoms with Gasteiger partial charge in [-0.05, 0) is 30.4 Å². The molecule has 0 aromatic heterocycles. The minimum absolute atomic E-state index is 0.319. The lowest BCUT2D eigenvalue weighted by molar-refractivity contribution is 0.651. The van der Waals surface area contributed by atoms with Crippen molar-refractivity contribution in [3.63, 3.8) is 0 Å². The maximum atomic E-state index is 5.71. The van der Waals surface area contributed by atoms with E-state index in [1.807, 2.05) is 0 Å². The Morgan fingerprint density at radius 2 is 2.15 bits per heavy atom. The molecule has 2 N–H and O–H groups in total. The lowest BCUT2D eigenvalue weighted by Crippen LogP contribution is -2.23. The second kappa shape index (κ2) is 3.46. The fourth-order valence-electron chi connectivity index (χ4n) is 2.05. The highest BCUT2D eigenvalue weighted by atomic mass is 32.1. The van der Waals surface area contributed by atoms with Crippen LogP contribution in [0.1, 0.15) is 29.9 Å². The van der Waals surface area contributed by atoms with E-state index in [4.69, 9.17) is 18.0 Å². The Bertz CT molecular complexity index is 333. The van der Waals surface area contributed by atoms with Crippen LogP contribution < -0.4 is 5.73 Å². The molecule has 1 aromatic carbocycles. The van der Waals surface area contributed by atoms with Crippen LogP contribution in [0.5, 0.6) is 0 Å². The molecule has 0 saturated carbocycles. The molecule has 1 aliphatic rings. The molecular weight excluding hydrogens is 178 g/mol. The van der Waals surface area contributed by atoms with Crippen molar-refractivity contribution in [2.24, 2.45) is 5.73 Å². The number of thiocarbonyl (C=S) groups is 1. The molecule has 1 nitrogen and oxygen atoms in total. The Hall–Kier alpha value is -0.890. The molecule has 0 aliphatic heterocycles. The molecule has 0 fully saturated rings. The van der Waals surface area contributed by atoms with Gasteiger partial charge < -0.3 is 5.73 Å². The van der Waals surface area contributed by atoms with Crippen LogP contribution in [0.3, 0.4) is 0 Å². The van der Waals surface area contributed by atoms with E-state index in [1.54, 1.807) is 0 Å². The number of hydrogen-bond donors (Lipinski definition) is 1. The van der Waals surface area contributed by atoms with Gasteiger partial charge in [0.25, 0.3) is 0 Å². The van der Waals surface area contributed by atoms with Gasteiger partial charge in [-0.3, -0.25) is 0 Å².